The van der Waals surface area contributed by atoms with E-state index in [4.69, 9.17) is 4.74 Å². The van der Waals surface area contributed by atoms with Gasteiger partial charge in [-0.2, -0.15) is 0 Å². The van der Waals surface area contributed by atoms with Gasteiger partial charge in [0.1, 0.15) is 0 Å². The van der Waals surface area contributed by atoms with Gasteiger partial charge in [-0.3, -0.25) is 0 Å². The summed E-state index contributed by atoms with van der Waals surface area (Å²) in [5.74, 6) is 0.443. The Kier molecular flexibility index (Phi) is 4.41. The second-order valence-electron chi connectivity index (χ2n) is 4.99. The lowest BCUT2D eigenvalue weighted by molar-refractivity contribution is 0.188. The Hall–Kier alpha value is -0.170. The number of sulfonamides is 1. The third-order valence-electron chi connectivity index (χ3n) is 3.66. The van der Waals surface area contributed by atoms with E-state index < -0.39 is 10.0 Å². The highest BCUT2D eigenvalue weighted by atomic mass is 32.2. The van der Waals surface area contributed by atoms with Gasteiger partial charge in [-0.1, -0.05) is 0 Å². The maximum absolute atomic E-state index is 12.2. The highest BCUT2D eigenvalue weighted by Gasteiger charge is 2.31. The number of rotatable bonds is 4. The first-order chi connectivity index (χ1) is 8.12. The van der Waals surface area contributed by atoms with E-state index in [1.54, 1.807) is 4.31 Å². The van der Waals surface area contributed by atoms with Crippen LogP contribution in [-0.4, -0.2) is 57.9 Å². The molecule has 6 heteroatoms. The molecule has 0 aliphatic carbocycles. The van der Waals surface area contributed by atoms with Crippen LogP contribution < -0.4 is 5.32 Å². The van der Waals surface area contributed by atoms with Gasteiger partial charge in [-0.05, 0) is 32.2 Å². The molecule has 0 aromatic carbocycles. The number of nitrogens with zero attached hydrogens (tertiary/aromatic N) is 1. The first kappa shape index (κ1) is 13.3. The number of likely N-dealkylation sites (N-methyl/N-ethyl adjacent to an activating group) is 1. The van der Waals surface area contributed by atoms with Crippen LogP contribution >= 0.6 is 0 Å². The fourth-order valence-corrected chi connectivity index (χ4v) is 4.43. The van der Waals surface area contributed by atoms with Crippen LogP contribution in [0.2, 0.25) is 0 Å². The van der Waals surface area contributed by atoms with Crippen molar-refractivity contribution in [3.8, 4) is 0 Å². The molecule has 0 saturated carbocycles. The lowest BCUT2D eigenvalue weighted by Crippen LogP contribution is -2.48. The quantitative estimate of drug-likeness (QED) is 0.777. The number of hydrogen-bond acceptors (Lipinski definition) is 4. The summed E-state index contributed by atoms with van der Waals surface area (Å²) in [4.78, 5) is 0. The normalized spacial score (nSPS) is 31.8. The summed E-state index contributed by atoms with van der Waals surface area (Å²) in [6.07, 6.45) is 2.89. The van der Waals surface area contributed by atoms with Crippen molar-refractivity contribution in [1.82, 2.24) is 9.62 Å². The van der Waals surface area contributed by atoms with Gasteiger partial charge < -0.3 is 10.1 Å². The second kappa shape index (κ2) is 5.65. The molecule has 0 amide bonds. The third kappa shape index (κ3) is 3.40. The van der Waals surface area contributed by atoms with Crippen molar-refractivity contribution in [2.75, 3.05) is 39.1 Å². The molecule has 2 aliphatic rings. The fraction of sp³-hybridized carbons (Fsp3) is 1.00. The van der Waals surface area contributed by atoms with E-state index >= 15 is 0 Å². The Bertz CT molecular complexity index is 339. The summed E-state index contributed by atoms with van der Waals surface area (Å²) in [7, 11) is -1.20. The van der Waals surface area contributed by atoms with E-state index in [0.717, 1.165) is 19.3 Å². The van der Waals surface area contributed by atoms with Gasteiger partial charge in [0.2, 0.25) is 10.0 Å². The van der Waals surface area contributed by atoms with E-state index in [2.05, 4.69) is 5.32 Å². The summed E-state index contributed by atoms with van der Waals surface area (Å²) >= 11 is 0. The monoisotopic (exact) mass is 262 g/mol. The molecule has 0 bridgehead atoms. The topological polar surface area (TPSA) is 58.6 Å². The molecule has 2 aliphatic heterocycles. The average Bonchev–Trinajstić information content (AvgIpc) is 2.81. The van der Waals surface area contributed by atoms with E-state index in [9.17, 15) is 8.42 Å². The van der Waals surface area contributed by atoms with E-state index in [0.29, 0.717) is 32.3 Å². The van der Waals surface area contributed by atoms with Crippen molar-refractivity contribution in [3.05, 3.63) is 0 Å². The Morgan fingerprint density at radius 1 is 1.41 bits per heavy atom. The van der Waals surface area contributed by atoms with Gasteiger partial charge in [-0.25, -0.2) is 12.7 Å². The Morgan fingerprint density at radius 3 is 2.88 bits per heavy atom. The molecule has 17 heavy (non-hydrogen) atoms. The Labute approximate surface area is 104 Å². The molecule has 0 aromatic rings. The highest BCUT2D eigenvalue weighted by Crippen LogP contribution is 2.20. The van der Waals surface area contributed by atoms with Crippen LogP contribution in [0.4, 0.5) is 0 Å². The molecule has 0 aromatic heterocycles. The van der Waals surface area contributed by atoms with Crippen LogP contribution in [0.3, 0.4) is 0 Å². The molecule has 1 N–H and O–H groups in total. The van der Waals surface area contributed by atoms with E-state index in [1.807, 2.05) is 7.05 Å². The summed E-state index contributed by atoms with van der Waals surface area (Å²) < 4.78 is 31.4. The zero-order valence-electron chi connectivity index (χ0n) is 10.4. The second-order valence-corrected chi connectivity index (χ2v) is 7.01. The molecular weight excluding hydrogens is 240 g/mol. The van der Waals surface area contributed by atoms with Crippen molar-refractivity contribution < 1.29 is 13.2 Å². The van der Waals surface area contributed by atoms with Crippen LogP contribution in [0.1, 0.15) is 19.3 Å². The fourth-order valence-electron chi connectivity index (χ4n) is 2.55. The molecule has 5 nitrogen and oxygen atoms in total. The number of ether oxygens (including phenoxy) is 1. The number of nitrogens with one attached hydrogen (secondary N) is 1. The number of piperidine rings is 1. The summed E-state index contributed by atoms with van der Waals surface area (Å²) in [6.45, 7) is 2.60. The van der Waals surface area contributed by atoms with Crippen LogP contribution in [0, 0.1) is 5.92 Å². The van der Waals surface area contributed by atoms with Crippen LogP contribution in [0.15, 0.2) is 0 Å². The van der Waals surface area contributed by atoms with E-state index in [1.165, 1.54) is 0 Å². The summed E-state index contributed by atoms with van der Waals surface area (Å²) in [5.41, 5.74) is 0. The van der Waals surface area contributed by atoms with Gasteiger partial charge in [0.25, 0.3) is 0 Å². The van der Waals surface area contributed by atoms with Gasteiger partial charge in [0, 0.05) is 25.7 Å². The zero-order chi connectivity index (χ0) is 12.3. The Morgan fingerprint density at radius 2 is 2.24 bits per heavy atom. The molecule has 0 spiro atoms. The minimum atomic E-state index is -3.10. The van der Waals surface area contributed by atoms with Crippen molar-refractivity contribution in [2.45, 2.75) is 25.3 Å². The molecule has 100 valence electrons. The molecule has 0 radical (unpaired) electrons. The zero-order valence-corrected chi connectivity index (χ0v) is 11.2. The SMILES string of the molecule is CNC1CCCN(S(=O)(=O)CC2CCOC2)C1. The minimum absolute atomic E-state index is 0.190. The van der Waals surface area contributed by atoms with Gasteiger partial charge in [0.05, 0.1) is 12.4 Å². The smallest absolute Gasteiger partial charge is 0.214 e. The van der Waals surface area contributed by atoms with Gasteiger partial charge in [-0.15, -0.1) is 0 Å². The molecule has 2 atom stereocenters. The average molecular weight is 262 g/mol. The van der Waals surface area contributed by atoms with E-state index in [-0.39, 0.29) is 11.7 Å². The molecule has 2 unspecified atom stereocenters. The maximum atomic E-state index is 12.2. The maximum Gasteiger partial charge on any atom is 0.214 e. The van der Waals surface area contributed by atoms with Crippen LogP contribution in [0.25, 0.3) is 0 Å². The lowest BCUT2D eigenvalue weighted by Gasteiger charge is -2.32. The van der Waals surface area contributed by atoms with Crippen LogP contribution in [-0.2, 0) is 14.8 Å². The number of hydrogen-bond donors (Lipinski definition) is 1. The van der Waals surface area contributed by atoms with Gasteiger partial charge >= 0.3 is 0 Å². The summed E-state index contributed by atoms with van der Waals surface area (Å²) in [6, 6.07) is 0.304. The predicted octanol–water partition coefficient (Wildman–Crippen LogP) is 0.0365. The first-order valence-electron chi connectivity index (χ1n) is 6.34. The molecule has 2 rings (SSSR count). The predicted molar refractivity (Wildman–Crippen MR) is 66.4 cm³/mol. The van der Waals surface area contributed by atoms with Crippen molar-refractivity contribution in [2.24, 2.45) is 5.92 Å². The molecule has 2 heterocycles. The molecule has 2 fully saturated rings. The molecular formula is C11H22N2O3S. The Balaban J connectivity index is 1.94. The standard InChI is InChI=1S/C11H22N2O3S/c1-12-11-3-2-5-13(7-11)17(14,15)9-10-4-6-16-8-10/h10-12H,2-9H2,1H3. The largest absolute Gasteiger partial charge is 0.381 e. The van der Waals surface area contributed by atoms with Gasteiger partial charge in [0.15, 0.2) is 0 Å². The highest BCUT2D eigenvalue weighted by molar-refractivity contribution is 7.89. The van der Waals surface area contributed by atoms with Crippen LogP contribution in [0.5, 0.6) is 0 Å². The third-order valence-corrected chi connectivity index (χ3v) is 5.67. The molecule has 2 saturated heterocycles. The lowest BCUT2D eigenvalue weighted by atomic mass is 10.1. The summed E-state index contributed by atoms with van der Waals surface area (Å²) in [5, 5.41) is 3.17. The van der Waals surface area contributed by atoms with Crippen molar-refractivity contribution in [3.63, 3.8) is 0 Å². The minimum Gasteiger partial charge on any atom is -0.381 e. The first-order valence-corrected chi connectivity index (χ1v) is 7.95. The van der Waals surface area contributed by atoms with Crippen molar-refractivity contribution >= 4 is 10.0 Å². The van der Waals surface area contributed by atoms with Crippen molar-refractivity contribution in [1.29, 1.82) is 0 Å².